The number of H-pyrrole nitrogens is 1. The number of fused-ring (bicyclic) bond motifs is 1. The Morgan fingerprint density at radius 2 is 2.25 bits per heavy atom. The van der Waals surface area contributed by atoms with Crippen LogP contribution in [-0.4, -0.2) is 45.9 Å². The fourth-order valence-corrected chi connectivity index (χ4v) is 3.29. The van der Waals surface area contributed by atoms with Gasteiger partial charge in [0.05, 0.1) is 6.42 Å². The number of nitrogens with zero attached hydrogens (tertiary/aromatic N) is 3. The van der Waals surface area contributed by atoms with Gasteiger partial charge in [0.1, 0.15) is 5.82 Å². The largest absolute Gasteiger partial charge is 0.454 e. The van der Waals surface area contributed by atoms with E-state index in [1.807, 2.05) is 30.0 Å². The first-order valence-corrected chi connectivity index (χ1v) is 8.24. The van der Waals surface area contributed by atoms with Crippen LogP contribution in [0.15, 0.2) is 18.2 Å². The van der Waals surface area contributed by atoms with Crippen LogP contribution in [-0.2, 0) is 11.2 Å². The minimum atomic E-state index is 0.130. The Labute approximate surface area is 140 Å². The van der Waals surface area contributed by atoms with Crippen LogP contribution in [0.1, 0.15) is 36.0 Å². The van der Waals surface area contributed by atoms with Crippen molar-refractivity contribution in [1.82, 2.24) is 20.1 Å². The molecular formula is C17H20N4O3. The summed E-state index contributed by atoms with van der Waals surface area (Å²) < 4.78 is 10.7. The van der Waals surface area contributed by atoms with Gasteiger partial charge in [-0.3, -0.25) is 9.89 Å². The van der Waals surface area contributed by atoms with Gasteiger partial charge in [0, 0.05) is 19.0 Å². The molecule has 1 amide bonds. The van der Waals surface area contributed by atoms with Crippen LogP contribution < -0.4 is 9.47 Å². The van der Waals surface area contributed by atoms with E-state index in [4.69, 9.17) is 9.47 Å². The van der Waals surface area contributed by atoms with Crippen LogP contribution in [0.5, 0.6) is 11.5 Å². The Morgan fingerprint density at radius 3 is 3.08 bits per heavy atom. The molecule has 1 saturated heterocycles. The molecule has 0 aliphatic carbocycles. The number of ether oxygens (including phenoxy) is 2. The Hall–Kier alpha value is -2.57. The first-order valence-electron chi connectivity index (χ1n) is 8.24. The van der Waals surface area contributed by atoms with Crippen molar-refractivity contribution < 1.29 is 14.3 Å². The predicted molar refractivity (Wildman–Crippen MR) is 85.9 cm³/mol. The molecule has 1 N–H and O–H groups in total. The lowest BCUT2D eigenvalue weighted by Crippen LogP contribution is -2.40. The molecule has 0 saturated carbocycles. The Kier molecular flexibility index (Phi) is 3.84. The number of aromatic nitrogens is 3. The SMILES string of the molecule is Cc1nc([C@@H]2CCCN(C(=O)Cc3ccc4c(c3)OCO4)C2)n[nH]1. The third-order valence-corrected chi connectivity index (χ3v) is 4.55. The highest BCUT2D eigenvalue weighted by molar-refractivity contribution is 5.79. The van der Waals surface area contributed by atoms with Gasteiger partial charge in [-0.15, -0.1) is 0 Å². The molecule has 2 aliphatic heterocycles. The molecule has 1 atom stereocenters. The summed E-state index contributed by atoms with van der Waals surface area (Å²) in [7, 11) is 0. The van der Waals surface area contributed by atoms with Gasteiger partial charge in [0.15, 0.2) is 17.3 Å². The van der Waals surface area contributed by atoms with Crippen molar-refractivity contribution in [2.24, 2.45) is 0 Å². The molecule has 24 heavy (non-hydrogen) atoms. The van der Waals surface area contributed by atoms with E-state index >= 15 is 0 Å². The lowest BCUT2D eigenvalue weighted by atomic mass is 9.96. The van der Waals surface area contributed by atoms with Crippen LogP contribution in [0, 0.1) is 6.92 Å². The van der Waals surface area contributed by atoms with Gasteiger partial charge >= 0.3 is 0 Å². The number of hydrogen-bond donors (Lipinski definition) is 1. The highest BCUT2D eigenvalue weighted by Crippen LogP contribution is 2.33. The average Bonchev–Trinajstić information content (AvgIpc) is 3.23. The van der Waals surface area contributed by atoms with Gasteiger partial charge in [0.2, 0.25) is 12.7 Å². The van der Waals surface area contributed by atoms with E-state index in [0.29, 0.717) is 18.7 Å². The normalized spacial score (nSPS) is 19.5. The highest BCUT2D eigenvalue weighted by Gasteiger charge is 2.27. The van der Waals surface area contributed by atoms with Crippen LogP contribution in [0.2, 0.25) is 0 Å². The number of aryl methyl sites for hydroxylation is 1. The molecule has 1 aromatic heterocycles. The summed E-state index contributed by atoms with van der Waals surface area (Å²) in [6.45, 7) is 3.61. The molecule has 7 nitrogen and oxygen atoms in total. The molecule has 4 rings (SSSR count). The number of rotatable bonds is 3. The molecule has 2 aromatic rings. The van der Waals surface area contributed by atoms with E-state index in [0.717, 1.165) is 42.3 Å². The van der Waals surface area contributed by atoms with Crippen molar-refractivity contribution in [2.45, 2.75) is 32.1 Å². The number of likely N-dealkylation sites (tertiary alicyclic amines) is 1. The van der Waals surface area contributed by atoms with Gasteiger partial charge in [-0.05, 0) is 37.5 Å². The van der Waals surface area contributed by atoms with E-state index in [9.17, 15) is 4.79 Å². The van der Waals surface area contributed by atoms with Crippen molar-refractivity contribution in [3.8, 4) is 11.5 Å². The second-order valence-electron chi connectivity index (χ2n) is 6.32. The van der Waals surface area contributed by atoms with Crippen molar-refractivity contribution in [3.63, 3.8) is 0 Å². The van der Waals surface area contributed by atoms with Crippen molar-refractivity contribution in [1.29, 1.82) is 0 Å². The zero-order valence-corrected chi connectivity index (χ0v) is 13.6. The number of benzene rings is 1. The maximum absolute atomic E-state index is 12.7. The second-order valence-corrected chi connectivity index (χ2v) is 6.32. The van der Waals surface area contributed by atoms with Crippen LogP contribution in [0.25, 0.3) is 0 Å². The quantitative estimate of drug-likeness (QED) is 0.929. The number of nitrogens with one attached hydrogen (secondary N) is 1. The first-order chi connectivity index (χ1) is 11.7. The van der Waals surface area contributed by atoms with Crippen molar-refractivity contribution in [3.05, 3.63) is 35.4 Å². The third kappa shape index (κ3) is 2.93. The molecule has 0 bridgehead atoms. The van der Waals surface area contributed by atoms with Crippen LogP contribution in [0.4, 0.5) is 0 Å². The number of piperidine rings is 1. The minimum absolute atomic E-state index is 0.130. The summed E-state index contributed by atoms with van der Waals surface area (Å²) in [5, 5.41) is 7.14. The Morgan fingerprint density at radius 1 is 1.38 bits per heavy atom. The first kappa shape index (κ1) is 15.0. The smallest absolute Gasteiger partial charge is 0.231 e. The number of carbonyl (C=O) groups is 1. The topological polar surface area (TPSA) is 80.3 Å². The lowest BCUT2D eigenvalue weighted by Gasteiger charge is -2.31. The van der Waals surface area contributed by atoms with E-state index in [1.54, 1.807) is 0 Å². The standard InChI is InChI=1S/C17H20N4O3/c1-11-18-17(20-19-11)13-3-2-6-21(9-13)16(22)8-12-4-5-14-15(7-12)24-10-23-14/h4-5,7,13H,2-3,6,8-10H2,1H3,(H,18,19,20)/t13-/m1/s1. The molecule has 0 radical (unpaired) electrons. The molecule has 0 unspecified atom stereocenters. The van der Waals surface area contributed by atoms with Gasteiger partial charge in [-0.1, -0.05) is 6.07 Å². The maximum atomic E-state index is 12.7. The molecule has 3 heterocycles. The number of hydrogen-bond acceptors (Lipinski definition) is 5. The fourth-order valence-electron chi connectivity index (χ4n) is 3.29. The molecule has 7 heteroatoms. The number of aromatic amines is 1. The molecule has 2 aliphatic rings. The predicted octanol–water partition coefficient (Wildman–Crippen LogP) is 1.79. The summed E-state index contributed by atoms with van der Waals surface area (Å²) in [4.78, 5) is 19.0. The van der Waals surface area contributed by atoms with Crippen molar-refractivity contribution in [2.75, 3.05) is 19.9 Å². The van der Waals surface area contributed by atoms with Gasteiger partial charge in [-0.2, -0.15) is 5.10 Å². The van der Waals surface area contributed by atoms with Crippen molar-refractivity contribution >= 4 is 5.91 Å². The number of carbonyl (C=O) groups excluding carboxylic acids is 1. The summed E-state index contributed by atoms with van der Waals surface area (Å²) in [6.07, 6.45) is 2.37. The average molecular weight is 328 g/mol. The molecule has 1 fully saturated rings. The molecule has 0 spiro atoms. The van der Waals surface area contributed by atoms with Gasteiger partial charge in [-0.25, -0.2) is 4.98 Å². The summed E-state index contributed by atoms with van der Waals surface area (Å²) >= 11 is 0. The fraction of sp³-hybridized carbons (Fsp3) is 0.471. The summed E-state index contributed by atoms with van der Waals surface area (Å²) in [6, 6.07) is 5.67. The van der Waals surface area contributed by atoms with Gasteiger partial charge in [0.25, 0.3) is 0 Å². The Balaban J connectivity index is 1.42. The number of amides is 1. The highest BCUT2D eigenvalue weighted by atomic mass is 16.7. The Bertz CT molecular complexity index is 758. The monoisotopic (exact) mass is 328 g/mol. The lowest BCUT2D eigenvalue weighted by molar-refractivity contribution is -0.131. The minimum Gasteiger partial charge on any atom is -0.454 e. The maximum Gasteiger partial charge on any atom is 0.231 e. The zero-order valence-electron chi connectivity index (χ0n) is 13.6. The van der Waals surface area contributed by atoms with E-state index in [2.05, 4.69) is 15.2 Å². The molecule has 1 aromatic carbocycles. The van der Waals surface area contributed by atoms with E-state index in [1.165, 1.54) is 0 Å². The summed E-state index contributed by atoms with van der Waals surface area (Å²) in [5.74, 6) is 3.43. The van der Waals surface area contributed by atoms with Gasteiger partial charge < -0.3 is 14.4 Å². The molecule has 126 valence electrons. The van der Waals surface area contributed by atoms with Crippen LogP contribution in [0.3, 0.4) is 0 Å². The zero-order chi connectivity index (χ0) is 16.5. The summed E-state index contributed by atoms with van der Waals surface area (Å²) in [5.41, 5.74) is 0.945. The molecular weight excluding hydrogens is 308 g/mol. The second kappa shape index (κ2) is 6.14. The third-order valence-electron chi connectivity index (χ3n) is 4.55. The van der Waals surface area contributed by atoms with E-state index < -0.39 is 0 Å². The van der Waals surface area contributed by atoms with E-state index in [-0.39, 0.29) is 18.6 Å². The van der Waals surface area contributed by atoms with Crippen LogP contribution >= 0.6 is 0 Å².